The molecule has 0 aliphatic carbocycles. The van der Waals surface area contributed by atoms with Crippen molar-refractivity contribution in [1.29, 1.82) is 0 Å². The van der Waals surface area contributed by atoms with Gasteiger partial charge in [0.15, 0.2) is 0 Å². The molecule has 0 saturated heterocycles. The summed E-state index contributed by atoms with van der Waals surface area (Å²) in [6.07, 6.45) is 2.50. The van der Waals surface area contributed by atoms with E-state index in [1.54, 1.807) is 20.2 Å². The Morgan fingerprint density at radius 2 is 2.38 bits per heavy atom. The first-order chi connectivity index (χ1) is 6.00. The van der Waals surface area contributed by atoms with Gasteiger partial charge in [-0.15, -0.1) is 0 Å². The van der Waals surface area contributed by atoms with Gasteiger partial charge in [-0.05, 0) is 13.0 Å². The number of carbonyl (C=O) groups is 1. The van der Waals surface area contributed by atoms with Crippen LogP contribution in [0.3, 0.4) is 0 Å². The summed E-state index contributed by atoms with van der Waals surface area (Å²) in [5.74, 6) is -2.75. The summed E-state index contributed by atoms with van der Waals surface area (Å²) in [5, 5.41) is 12.2. The lowest BCUT2D eigenvalue weighted by Gasteiger charge is -1.88. The van der Waals surface area contributed by atoms with Crippen LogP contribution in [-0.4, -0.2) is 20.9 Å². The Balaban J connectivity index is 3.03. The maximum atomic E-state index is 12.6. The number of halogens is 1. The van der Waals surface area contributed by atoms with Crippen molar-refractivity contribution in [1.82, 2.24) is 9.78 Å². The SMILES string of the molecule is Cc1nn(C)cc1/C=C(/F)C(=O)O. The van der Waals surface area contributed by atoms with Crippen LogP contribution in [0.2, 0.25) is 0 Å². The molecule has 0 spiro atoms. The van der Waals surface area contributed by atoms with Gasteiger partial charge < -0.3 is 5.11 Å². The second-order valence-electron chi connectivity index (χ2n) is 2.64. The molecule has 0 radical (unpaired) electrons. The first-order valence-electron chi connectivity index (χ1n) is 3.61. The number of hydrogen-bond donors (Lipinski definition) is 1. The maximum absolute atomic E-state index is 12.6. The zero-order chi connectivity index (χ0) is 10.0. The average Bonchev–Trinajstić information content (AvgIpc) is 2.30. The van der Waals surface area contributed by atoms with Crippen LogP contribution in [-0.2, 0) is 11.8 Å². The lowest BCUT2D eigenvalue weighted by Crippen LogP contribution is -1.94. The lowest BCUT2D eigenvalue weighted by atomic mass is 10.2. The van der Waals surface area contributed by atoms with E-state index in [-0.39, 0.29) is 0 Å². The maximum Gasteiger partial charge on any atom is 0.364 e. The van der Waals surface area contributed by atoms with Crippen LogP contribution in [0.15, 0.2) is 12.0 Å². The summed E-state index contributed by atoms with van der Waals surface area (Å²) in [4.78, 5) is 10.2. The summed E-state index contributed by atoms with van der Waals surface area (Å²) < 4.78 is 14.1. The molecule has 1 heterocycles. The van der Waals surface area contributed by atoms with Gasteiger partial charge in [0, 0.05) is 18.8 Å². The molecule has 1 aromatic rings. The summed E-state index contributed by atoms with van der Waals surface area (Å²) in [6, 6.07) is 0. The van der Waals surface area contributed by atoms with Crippen LogP contribution in [0, 0.1) is 6.92 Å². The molecule has 0 saturated carbocycles. The lowest BCUT2D eigenvalue weighted by molar-refractivity contribution is -0.134. The summed E-state index contributed by atoms with van der Waals surface area (Å²) >= 11 is 0. The Morgan fingerprint density at radius 3 is 2.77 bits per heavy atom. The molecule has 4 nitrogen and oxygen atoms in total. The quantitative estimate of drug-likeness (QED) is 0.701. The molecule has 0 amide bonds. The molecular formula is C8H9FN2O2. The van der Waals surface area contributed by atoms with Gasteiger partial charge in [-0.2, -0.15) is 9.49 Å². The average molecular weight is 184 g/mol. The highest BCUT2D eigenvalue weighted by Crippen LogP contribution is 2.11. The third-order valence-corrected chi connectivity index (χ3v) is 1.54. The van der Waals surface area contributed by atoms with E-state index in [9.17, 15) is 9.18 Å². The fourth-order valence-corrected chi connectivity index (χ4v) is 0.958. The van der Waals surface area contributed by atoms with E-state index in [4.69, 9.17) is 5.11 Å². The number of carboxylic acid groups (broad SMARTS) is 1. The standard InChI is InChI=1S/C8H9FN2O2/c1-5-6(4-11(2)10-5)3-7(9)8(12)13/h3-4H,1-2H3,(H,12,13)/b7-3+. The summed E-state index contributed by atoms with van der Waals surface area (Å²) in [5.41, 5.74) is 1.07. The largest absolute Gasteiger partial charge is 0.476 e. The topological polar surface area (TPSA) is 55.1 Å². The number of aromatic nitrogens is 2. The Labute approximate surface area is 74.3 Å². The van der Waals surface area contributed by atoms with Gasteiger partial charge in [0.1, 0.15) is 0 Å². The monoisotopic (exact) mass is 184 g/mol. The van der Waals surface area contributed by atoms with Crippen molar-refractivity contribution < 1.29 is 14.3 Å². The molecule has 0 aromatic carbocycles. The molecule has 1 rings (SSSR count). The third kappa shape index (κ3) is 2.14. The molecule has 5 heteroatoms. The zero-order valence-corrected chi connectivity index (χ0v) is 7.28. The van der Waals surface area contributed by atoms with Crippen molar-refractivity contribution in [3.8, 4) is 0 Å². The Morgan fingerprint density at radius 1 is 1.77 bits per heavy atom. The molecule has 0 aliphatic rings. The van der Waals surface area contributed by atoms with Gasteiger partial charge in [0.2, 0.25) is 5.83 Å². The molecule has 0 unspecified atom stereocenters. The highest BCUT2D eigenvalue weighted by Gasteiger charge is 2.07. The molecule has 13 heavy (non-hydrogen) atoms. The van der Waals surface area contributed by atoms with Gasteiger partial charge in [-0.3, -0.25) is 4.68 Å². The van der Waals surface area contributed by atoms with Crippen LogP contribution in [0.25, 0.3) is 6.08 Å². The summed E-state index contributed by atoms with van der Waals surface area (Å²) in [6.45, 7) is 1.68. The van der Waals surface area contributed by atoms with Gasteiger partial charge in [-0.25, -0.2) is 4.79 Å². The van der Waals surface area contributed by atoms with E-state index in [2.05, 4.69) is 5.10 Å². The van der Waals surface area contributed by atoms with Gasteiger partial charge >= 0.3 is 5.97 Å². The highest BCUT2D eigenvalue weighted by molar-refractivity contribution is 5.89. The molecule has 0 atom stereocenters. The van der Waals surface area contributed by atoms with Crippen LogP contribution in [0.5, 0.6) is 0 Å². The molecular weight excluding hydrogens is 175 g/mol. The van der Waals surface area contributed by atoms with Crippen molar-refractivity contribution in [3.05, 3.63) is 23.3 Å². The Hall–Kier alpha value is -1.65. The van der Waals surface area contributed by atoms with Crippen LogP contribution in [0.1, 0.15) is 11.3 Å². The normalized spacial score (nSPS) is 11.8. The molecule has 1 N–H and O–H groups in total. The predicted molar refractivity (Wildman–Crippen MR) is 44.7 cm³/mol. The van der Waals surface area contributed by atoms with E-state index in [0.717, 1.165) is 6.08 Å². The van der Waals surface area contributed by atoms with E-state index < -0.39 is 11.8 Å². The summed E-state index contributed by atoms with van der Waals surface area (Å²) in [7, 11) is 1.68. The van der Waals surface area contributed by atoms with E-state index in [1.807, 2.05) is 0 Å². The third-order valence-electron chi connectivity index (χ3n) is 1.54. The number of aryl methyl sites for hydroxylation is 2. The van der Waals surface area contributed by atoms with Crippen LogP contribution < -0.4 is 0 Å². The minimum atomic E-state index is -1.57. The van der Waals surface area contributed by atoms with E-state index in [0.29, 0.717) is 11.3 Å². The van der Waals surface area contributed by atoms with Crippen molar-refractivity contribution in [2.45, 2.75) is 6.92 Å². The second-order valence-corrected chi connectivity index (χ2v) is 2.64. The fraction of sp³-hybridized carbons (Fsp3) is 0.250. The predicted octanol–water partition coefficient (Wildman–Crippen LogP) is 1.12. The van der Waals surface area contributed by atoms with Crippen LogP contribution >= 0.6 is 0 Å². The molecule has 1 aromatic heterocycles. The fourth-order valence-electron chi connectivity index (χ4n) is 0.958. The molecule has 0 fully saturated rings. The van der Waals surface area contributed by atoms with Crippen molar-refractivity contribution in [2.75, 3.05) is 0 Å². The number of rotatable bonds is 2. The van der Waals surface area contributed by atoms with Gasteiger partial charge in [-0.1, -0.05) is 0 Å². The van der Waals surface area contributed by atoms with Crippen molar-refractivity contribution >= 4 is 12.0 Å². The zero-order valence-electron chi connectivity index (χ0n) is 7.28. The smallest absolute Gasteiger partial charge is 0.364 e. The van der Waals surface area contributed by atoms with Crippen LogP contribution in [0.4, 0.5) is 4.39 Å². The first-order valence-corrected chi connectivity index (χ1v) is 3.61. The first kappa shape index (κ1) is 9.44. The van der Waals surface area contributed by atoms with Gasteiger partial charge in [0.05, 0.1) is 5.69 Å². The van der Waals surface area contributed by atoms with Gasteiger partial charge in [0.25, 0.3) is 0 Å². The van der Waals surface area contributed by atoms with Crippen molar-refractivity contribution in [3.63, 3.8) is 0 Å². The highest BCUT2D eigenvalue weighted by atomic mass is 19.1. The second kappa shape index (κ2) is 3.38. The Bertz CT molecular complexity index is 368. The number of aliphatic carboxylic acids is 1. The minimum Gasteiger partial charge on any atom is -0.476 e. The minimum absolute atomic E-state index is 0.474. The molecule has 70 valence electrons. The van der Waals surface area contributed by atoms with Crippen molar-refractivity contribution in [2.24, 2.45) is 7.05 Å². The van der Waals surface area contributed by atoms with E-state index >= 15 is 0 Å². The molecule has 0 aliphatic heterocycles. The number of carboxylic acids is 1. The molecule has 0 bridgehead atoms. The van der Waals surface area contributed by atoms with E-state index in [1.165, 1.54) is 4.68 Å². The Kier molecular flexibility index (Phi) is 2.46. The number of nitrogens with zero attached hydrogens (tertiary/aromatic N) is 2. The number of hydrogen-bond acceptors (Lipinski definition) is 2.